The van der Waals surface area contributed by atoms with Gasteiger partial charge in [0, 0.05) is 0 Å². The lowest BCUT2D eigenvalue weighted by Gasteiger charge is -2.27. The van der Waals surface area contributed by atoms with Gasteiger partial charge in [0.2, 0.25) is 0 Å². The number of aliphatic hydroxyl groups is 1. The average Bonchev–Trinajstić information content (AvgIpc) is 2.41. The molecule has 0 radical (unpaired) electrons. The predicted molar refractivity (Wildman–Crippen MR) is 57.0 cm³/mol. The zero-order valence-corrected chi connectivity index (χ0v) is 9.44. The second-order valence-electron chi connectivity index (χ2n) is 4.36. The third-order valence-electron chi connectivity index (χ3n) is 3.14. The fourth-order valence-corrected chi connectivity index (χ4v) is 2.59. The molecule has 3 heteroatoms. The van der Waals surface area contributed by atoms with Crippen LogP contribution in [0.4, 0.5) is 0 Å². The Bertz CT molecular complexity index is 170. The average molecular weight is 204 g/mol. The molecule has 1 saturated carbocycles. The molecule has 0 heterocycles. The first-order valence-electron chi connectivity index (χ1n) is 5.01. The molecule has 2 atom stereocenters. The van der Waals surface area contributed by atoms with E-state index in [-0.39, 0.29) is 11.5 Å². The van der Waals surface area contributed by atoms with Crippen LogP contribution in [0, 0.1) is 5.41 Å². The van der Waals surface area contributed by atoms with Crippen molar-refractivity contribution in [1.29, 1.82) is 0 Å². The first kappa shape index (κ1) is 11.3. The maximum absolute atomic E-state index is 8.67. The summed E-state index contributed by atoms with van der Waals surface area (Å²) in [6.45, 7) is 4.99. The molecule has 2 unspecified atom stereocenters. The lowest BCUT2D eigenvalue weighted by atomic mass is 9.86. The van der Waals surface area contributed by atoms with Crippen molar-refractivity contribution in [3.8, 4) is 0 Å². The van der Waals surface area contributed by atoms with Crippen molar-refractivity contribution < 1.29 is 9.84 Å². The first-order valence-corrected chi connectivity index (χ1v) is 5.45. The fourth-order valence-electron chi connectivity index (χ4n) is 2.00. The van der Waals surface area contributed by atoms with Crippen LogP contribution in [0.25, 0.3) is 0 Å². The maximum Gasteiger partial charge on any atom is 0.111 e. The van der Waals surface area contributed by atoms with Gasteiger partial charge in [0.15, 0.2) is 0 Å². The second-order valence-corrected chi connectivity index (χ2v) is 5.17. The Balaban J connectivity index is 2.46. The van der Waals surface area contributed by atoms with Crippen molar-refractivity contribution in [2.45, 2.75) is 44.5 Å². The summed E-state index contributed by atoms with van der Waals surface area (Å²) in [6, 6.07) is 0. The van der Waals surface area contributed by atoms with Gasteiger partial charge in [-0.2, -0.15) is 0 Å². The highest BCUT2D eigenvalue weighted by atomic mass is 32.1. The molecule has 0 aromatic rings. The number of aliphatic hydroxyl groups excluding tert-OH is 1. The molecular weight excluding hydrogens is 184 g/mol. The van der Waals surface area contributed by atoms with Crippen molar-refractivity contribution >= 4 is 12.6 Å². The summed E-state index contributed by atoms with van der Waals surface area (Å²) < 4.78 is 5.55. The Labute approximate surface area is 86.1 Å². The van der Waals surface area contributed by atoms with Gasteiger partial charge < -0.3 is 9.84 Å². The highest BCUT2D eigenvalue weighted by Crippen LogP contribution is 2.49. The van der Waals surface area contributed by atoms with E-state index in [4.69, 9.17) is 9.84 Å². The third-order valence-corrected chi connectivity index (χ3v) is 3.65. The summed E-state index contributed by atoms with van der Waals surface area (Å²) in [6.07, 6.45) is 4.36. The minimum atomic E-state index is -0.284. The Kier molecular flexibility index (Phi) is 3.66. The van der Waals surface area contributed by atoms with Crippen LogP contribution in [0.5, 0.6) is 0 Å². The van der Waals surface area contributed by atoms with Crippen LogP contribution < -0.4 is 0 Å². The summed E-state index contributed by atoms with van der Waals surface area (Å²) in [5.74, 6) is 0. The van der Waals surface area contributed by atoms with Crippen LogP contribution in [0.3, 0.4) is 0 Å². The molecule has 0 bridgehead atoms. The van der Waals surface area contributed by atoms with Gasteiger partial charge in [0.25, 0.3) is 0 Å². The summed E-state index contributed by atoms with van der Waals surface area (Å²) in [5.41, 5.74) is 0.386. The summed E-state index contributed by atoms with van der Waals surface area (Å²) in [7, 11) is 0. The van der Waals surface area contributed by atoms with Crippen molar-refractivity contribution in [3.63, 3.8) is 0 Å². The second kappa shape index (κ2) is 4.20. The lowest BCUT2D eigenvalue weighted by Crippen LogP contribution is -2.25. The van der Waals surface area contributed by atoms with E-state index in [1.165, 1.54) is 12.8 Å². The Morgan fingerprint density at radius 2 is 2.15 bits per heavy atom. The van der Waals surface area contributed by atoms with E-state index in [9.17, 15) is 0 Å². The molecule has 0 spiro atoms. The molecule has 1 aliphatic rings. The molecule has 1 aliphatic carbocycles. The van der Waals surface area contributed by atoms with Gasteiger partial charge in [-0.1, -0.05) is 20.3 Å². The molecule has 1 N–H and O–H groups in total. The topological polar surface area (TPSA) is 29.5 Å². The highest BCUT2D eigenvalue weighted by Gasteiger charge is 2.43. The molecule has 0 aromatic carbocycles. The first-order chi connectivity index (χ1) is 6.04. The van der Waals surface area contributed by atoms with E-state index >= 15 is 0 Å². The normalized spacial score (nSPS) is 39.7. The quantitative estimate of drug-likeness (QED) is 0.543. The van der Waals surface area contributed by atoms with E-state index < -0.39 is 0 Å². The molecule has 0 saturated heterocycles. The van der Waals surface area contributed by atoms with Gasteiger partial charge in [0.1, 0.15) is 4.93 Å². The SMILES string of the molecule is CCC1(C)CCC(S)(OCCO)C1. The zero-order chi connectivity index (χ0) is 9.95. The van der Waals surface area contributed by atoms with E-state index in [1.54, 1.807) is 0 Å². The largest absolute Gasteiger partial charge is 0.394 e. The molecule has 0 amide bonds. The molecule has 1 rings (SSSR count). The Morgan fingerprint density at radius 1 is 1.46 bits per heavy atom. The number of hydrogen-bond donors (Lipinski definition) is 2. The van der Waals surface area contributed by atoms with Crippen LogP contribution >= 0.6 is 12.6 Å². The molecule has 2 nitrogen and oxygen atoms in total. The standard InChI is InChI=1S/C10H20O2S/c1-3-9(2)4-5-10(13,8-9)12-7-6-11/h11,13H,3-8H2,1-2H3. The number of rotatable bonds is 4. The molecule has 78 valence electrons. The maximum atomic E-state index is 8.67. The van der Waals surface area contributed by atoms with E-state index in [2.05, 4.69) is 26.5 Å². The van der Waals surface area contributed by atoms with Crippen molar-refractivity contribution in [1.82, 2.24) is 0 Å². The smallest absolute Gasteiger partial charge is 0.111 e. The molecule has 13 heavy (non-hydrogen) atoms. The lowest BCUT2D eigenvalue weighted by molar-refractivity contribution is 0.00436. The van der Waals surface area contributed by atoms with Crippen molar-refractivity contribution in [3.05, 3.63) is 0 Å². The van der Waals surface area contributed by atoms with Gasteiger partial charge in [0.05, 0.1) is 13.2 Å². The van der Waals surface area contributed by atoms with Crippen molar-refractivity contribution in [2.24, 2.45) is 5.41 Å². The number of ether oxygens (including phenoxy) is 1. The van der Waals surface area contributed by atoms with E-state index in [1.807, 2.05) is 0 Å². The molecule has 0 aliphatic heterocycles. The predicted octanol–water partition coefficient (Wildman–Crippen LogP) is 2.22. The van der Waals surface area contributed by atoms with Gasteiger partial charge in [-0.15, -0.1) is 12.6 Å². The van der Waals surface area contributed by atoms with Crippen LogP contribution in [0.2, 0.25) is 0 Å². The van der Waals surface area contributed by atoms with E-state index in [0.717, 1.165) is 12.8 Å². The van der Waals surface area contributed by atoms with Gasteiger partial charge in [-0.25, -0.2) is 0 Å². The van der Waals surface area contributed by atoms with Crippen LogP contribution in [0.1, 0.15) is 39.5 Å². The number of thiol groups is 1. The zero-order valence-electron chi connectivity index (χ0n) is 8.55. The molecular formula is C10H20O2S. The van der Waals surface area contributed by atoms with Crippen LogP contribution in [-0.2, 0) is 4.74 Å². The van der Waals surface area contributed by atoms with Crippen LogP contribution in [-0.4, -0.2) is 23.3 Å². The molecule has 1 fully saturated rings. The summed E-state index contributed by atoms with van der Waals surface area (Å²) in [4.78, 5) is -0.284. The Morgan fingerprint density at radius 3 is 2.62 bits per heavy atom. The Hall–Kier alpha value is 0.270. The summed E-state index contributed by atoms with van der Waals surface area (Å²) >= 11 is 4.55. The highest BCUT2D eigenvalue weighted by molar-refractivity contribution is 7.81. The van der Waals surface area contributed by atoms with Gasteiger partial charge in [-0.05, 0) is 24.7 Å². The summed E-state index contributed by atoms with van der Waals surface area (Å²) in [5, 5.41) is 8.67. The van der Waals surface area contributed by atoms with Crippen molar-refractivity contribution in [2.75, 3.05) is 13.2 Å². The fraction of sp³-hybridized carbons (Fsp3) is 1.00. The monoisotopic (exact) mass is 204 g/mol. The van der Waals surface area contributed by atoms with E-state index in [0.29, 0.717) is 12.0 Å². The minimum Gasteiger partial charge on any atom is -0.394 e. The van der Waals surface area contributed by atoms with Gasteiger partial charge in [-0.3, -0.25) is 0 Å². The molecule has 0 aromatic heterocycles. The third kappa shape index (κ3) is 2.86. The van der Waals surface area contributed by atoms with Crippen LogP contribution in [0.15, 0.2) is 0 Å². The minimum absolute atomic E-state index is 0.0884. The van der Waals surface area contributed by atoms with Gasteiger partial charge >= 0.3 is 0 Å². The number of hydrogen-bond acceptors (Lipinski definition) is 3.